The summed E-state index contributed by atoms with van der Waals surface area (Å²) in [7, 11) is 0. The van der Waals surface area contributed by atoms with Gasteiger partial charge in [0, 0.05) is 16.3 Å². The van der Waals surface area contributed by atoms with Crippen molar-refractivity contribution in [2.75, 3.05) is 0 Å². The number of rotatable bonds is 2. The van der Waals surface area contributed by atoms with Crippen LogP contribution in [0, 0.1) is 25.2 Å². The monoisotopic (exact) mass is 335 g/mol. The minimum atomic E-state index is -0.524. The summed E-state index contributed by atoms with van der Waals surface area (Å²) in [5, 5.41) is 23.3. The lowest BCUT2D eigenvalue weighted by atomic mass is 10.1. The van der Waals surface area contributed by atoms with Crippen molar-refractivity contribution in [3.05, 3.63) is 61.0 Å². The standard InChI is InChI=1S/C15H11Cl2N3O2/c1-8-3-9(2)20(15(22)12(8)6-18)19-7-10-4-11(16)5-13(17)14(10)21/h3-5,7,21H,1-2H3/b19-7+. The molecule has 0 unspecified atom stereocenters. The summed E-state index contributed by atoms with van der Waals surface area (Å²) >= 11 is 11.7. The number of phenols is 1. The normalized spacial score (nSPS) is 10.9. The predicted molar refractivity (Wildman–Crippen MR) is 86.0 cm³/mol. The van der Waals surface area contributed by atoms with Crippen LogP contribution in [-0.4, -0.2) is 16.0 Å². The zero-order chi connectivity index (χ0) is 16.4. The van der Waals surface area contributed by atoms with E-state index in [1.165, 1.54) is 18.3 Å². The highest BCUT2D eigenvalue weighted by atomic mass is 35.5. The van der Waals surface area contributed by atoms with Gasteiger partial charge in [-0.2, -0.15) is 10.4 Å². The second kappa shape index (κ2) is 6.22. The minimum absolute atomic E-state index is 0.0242. The molecule has 1 N–H and O–H groups in total. The molecule has 0 fully saturated rings. The number of aromatic nitrogens is 1. The maximum Gasteiger partial charge on any atom is 0.289 e. The van der Waals surface area contributed by atoms with Crippen molar-refractivity contribution in [2.45, 2.75) is 13.8 Å². The van der Waals surface area contributed by atoms with Gasteiger partial charge >= 0.3 is 0 Å². The summed E-state index contributed by atoms with van der Waals surface area (Å²) < 4.78 is 1.08. The molecule has 0 radical (unpaired) electrons. The van der Waals surface area contributed by atoms with Gasteiger partial charge in [0.05, 0.1) is 11.2 Å². The van der Waals surface area contributed by atoms with Crippen molar-refractivity contribution in [2.24, 2.45) is 5.10 Å². The Balaban J connectivity index is 2.58. The lowest BCUT2D eigenvalue weighted by Crippen LogP contribution is -2.22. The van der Waals surface area contributed by atoms with Gasteiger partial charge in [0.25, 0.3) is 5.56 Å². The van der Waals surface area contributed by atoms with Gasteiger partial charge in [0.2, 0.25) is 0 Å². The maximum atomic E-state index is 12.2. The quantitative estimate of drug-likeness (QED) is 0.855. The van der Waals surface area contributed by atoms with Gasteiger partial charge in [-0.1, -0.05) is 23.2 Å². The van der Waals surface area contributed by atoms with E-state index in [1.54, 1.807) is 19.9 Å². The van der Waals surface area contributed by atoms with Crippen LogP contribution in [0.5, 0.6) is 5.75 Å². The first kappa shape index (κ1) is 16.1. The maximum absolute atomic E-state index is 12.2. The van der Waals surface area contributed by atoms with E-state index in [-0.39, 0.29) is 21.9 Å². The number of phenolic OH excluding ortho intramolecular Hbond substituents is 1. The van der Waals surface area contributed by atoms with Crippen LogP contribution in [0.2, 0.25) is 10.0 Å². The Kier molecular flexibility index (Phi) is 4.55. The number of hydrogen-bond donors (Lipinski definition) is 1. The van der Waals surface area contributed by atoms with E-state index in [4.69, 9.17) is 28.5 Å². The van der Waals surface area contributed by atoms with Gasteiger partial charge in [-0.25, -0.2) is 4.68 Å². The van der Waals surface area contributed by atoms with Gasteiger partial charge in [-0.05, 0) is 37.6 Å². The average molecular weight is 336 g/mol. The molecule has 0 bridgehead atoms. The third kappa shape index (κ3) is 2.98. The topological polar surface area (TPSA) is 78.4 Å². The number of halogens is 2. The zero-order valence-electron chi connectivity index (χ0n) is 11.8. The Morgan fingerprint density at radius 1 is 1.32 bits per heavy atom. The van der Waals surface area contributed by atoms with Gasteiger partial charge in [0.1, 0.15) is 17.4 Å². The predicted octanol–water partition coefficient (Wildman–Crippen LogP) is 3.23. The van der Waals surface area contributed by atoms with Crippen LogP contribution < -0.4 is 5.56 Å². The molecular weight excluding hydrogens is 325 g/mol. The van der Waals surface area contributed by atoms with Crippen LogP contribution in [-0.2, 0) is 0 Å². The Labute approximate surface area is 136 Å². The number of benzene rings is 1. The molecule has 2 rings (SSSR count). The highest BCUT2D eigenvalue weighted by molar-refractivity contribution is 6.36. The minimum Gasteiger partial charge on any atom is -0.506 e. The molecule has 112 valence electrons. The molecule has 1 heterocycles. The second-order valence-corrected chi connectivity index (χ2v) is 5.49. The van der Waals surface area contributed by atoms with E-state index >= 15 is 0 Å². The van der Waals surface area contributed by atoms with E-state index in [0.717, 1.165) is 4.68 Å². The van der Waals surface area contributed by atoms with Gasteiger partial charge in [0.15, 0.2) is 0 Å². The van der Waals surface area contributed by atoms with E-state index in [1.807, 2.05) is 6.07 Å². The molecule has 2 aromatic rings. The molecule has 0 aliphatic rings. The molecule has 1 aromatic carbocycles. The SMILES string of the molecule is Cc1cc(C)n(/N=C/c2cc(Cl)cc(Cl)c2O)c(=O)c1C#N. The number of hydrogen-bond acceptors (Lipinski definition) is 4. The first-order chi connectivity index (χ1) is 10.3. The summed E-state index contributed by atoms with van der Waals surface area (Å²) in [6.07, 6.45) is 1.26. The Bertz CT molecular complexity index is 880. The number of aryl methyl sites for hydroxylation is 2. The molecule has 0 aliphatic heterocycles. The molecule has 22 heavy (non-hydrogen) atoms. The molecule has 0 atom stereocenters. The lowest BCUT2D eigenvalue weighted by molar-refractivity contribution is 0.474. The summed E-state index contributed by atoms with van der Waals surface area (Å²) in [4.78, 5) is 12.2. The molecule has 0 amide bonds. The summed E-state index contributed by atoms with van der Waals surface area (Å²) in [5.41, 5.74) is 0.915. The van der Waals surface area contributed by atoms with Crippen LogP contribution in [0.25, 0.3) is 0 Å². The highest BCUT2D eigenvalue weighted by Crippen LogP contribution is 2.30. The van der Waals surface area contributed by atoms with E-state index in [9.17, 15) is 9.90 Å². The average Bonchev–Trinajstić information content (AvgIpc) is 2.43. The van der Waals surface area contributed by atoms with Crippen molar-refractivity contribution in [3.63, 3.8) is 0 Å². The first-order valence-electron chi connectivity index (χ1n) is 6.21. The molecule has 0 spiro atoms. The summed E-state index contributed by atoms with van der Waals surface area (Å²) in [5.74, 6) is -0.187. The highest BCUT2D eigenvalue weighted by Gasteiger charge is 2.10. The van der Waals surface area contributed by atoms with Crippen molar-refractivity contribution < 1.29 is 5.11 Å². The van der Waals surface area contributed by atoms with Crippen LogP contribution in [0.15, 0.2) is 28.1 Å². The largest absolute Gasteiger partial charge is 0.506 e. The Morgan fingerprint density at radius 3 is 2.64 bits per heavy atom. The fourth-order valence-corrected chi connectivity index (χ4v) is 2.47. The zero-order valence-corrected chi connectivity index (χ0v) is 13.3. The number of nitrogens with zero attached hydrogens (tertiary/aromatic N) is 3. The number of pyridine rings is 1. The second-order valence-electron chi connectivity index (χ2n) is 4.64. The summed E-state index contributed by atoms with van der Waals surface area (Å²) in [6, 6.07) is 6.40. The molecule has 0 saturated heterocycles. The fourth-order valence-electron chi connectivity index (χ4n) is 1.97. The van der Waals surface area contributed by atoms with Crippen LogP contribution in [0.3, 0.4) is 0 Å². The van der Waals surface area contributed by atoms with Crippen molar-refractivity contribution in [1.29, 1.82) is 5.26 Å². The van der Waals surface area contributed by atoms with Gasteiger partial charge in [-0.3, -0.25) is 4.79 Å². The fraction of sp³-hybridized carbons (Fsp3) is 0.133. The Hall–Kier alpha value is -2.29. The van der Waals surface area contributed by atoms with Crippen LogP contribution in [0.4, 0.5) is 0 Å². The van der Waals surface area contributed by atoms with Crippen LogP contribution in [0.1, 0.15) is 22.4 Å². The summed E-state index contributed by atoms with van der Waals surface area (Å²) in [6.45, 7) is 3.38. The third-order valence-corrected chi connectivity index (χ3v) is 3.55. The molecular formula is C15H11Cl2N3O2. The Morgan fingerprint density at radius 2 is 2.00 bits per heavy atom. The molecule has 1 aromatic heterocycles. The van der Waals surface area contributed by atoms with Gasteiger partial charge < -0.3 is 5.11 Å². The number of nitriles is 1. The van der Waals surface area contributed by atoms with Crippen molar-refractivity contribution >= 4 is 29.4 Å². The van der Waals surface area contributed by atoms with E-state index < -0.39 is 5.56 Å². The van der Waals surface area contributed by atoms with Gasteiger partial charge in [-0.15, -0.1) is 0 Å². The molecule has 0 aliphatic carbocycles. The molecule has 7 heteroatoms. The lowest BCUT2D eigenvalue weighted by Gasteiger charge is -2.07. The van der Waals surface area contributed by atoms with Crippen molar-refractivity contribution in [3.8, 4) is 11.8 Å². The van der Waals surface area contributed by atoms with E-state index in [0.29, 0.717) is 16.3 Å². The smallest absolute Gasteiger partial charge is 0.289 e. The van der Waals surface area contributed by atoms with Crippen molar-refractivity contribution in [1.82, 2.24) is 4.68 Å². The molecule has 0 saturated carbocycles. The van der Waals surface area contributed by atoms with Crippen LogP contribution >= 0.6 is 23.2 Å². The molecule has 5 nitrogen and oxygen atoms in total. The number of aromatic hydroxyl groups is 1. The first-order valence-corrected chi connectivity index (χ1v) is 6.96. The van der Waals surface area contributed by atoms with E-state index in [2.05, 4.69) is 5.10 Å². The third-order valence-electron chi connectivity index (χ3n) is 3.04.